The van der Waals surface area contributed by atoms with E-state index in [0.29, 0.717) is 5.02 Å². The molecule has 0 fully saturated rings. The van der Waals surface area contributed by atoms with Crippen molar-refractivity contribution in [3.63, 3.8) is 0 Å². The maximum Gasteiger partial charge on any atom is 0.240 e. The molecule has 5 heteroatoms. The number of halogens is 1. The first kappa shape index (κ1) is 16.7. The molecule has 0 aliphatic heterocycles. The minimum Gasteiger partial charge on any atom is -0.207 e. The third-order valence-corrected chi connectivity index (χ3v) is 5.28. The van der Waals surface area contributed by atoms with Crippen molar-refractivity contribution in [3.05, 3.63) is 89.4 Å². The third-order valence-electron chi connectivity index (χ3n) is 3.63. The van der Waals surface area contributed by atoms with Crippen molar-refractivity contribution in [1.29, 1.82) is 0 Å². The molecule has 24 heavy (non-hydrogen) atoms. The summed E-state index contributed by atoms with van der Waals surface area (Å²) >= 11 is 5.91. The average molecular weight is 358 g/mol. The Balaban J connectivity index is 1.75. The summed E-state index contributed by atoms with van der Waals surface area (Å²) in [4.78, 5) is 0.240. The third kappa shape index (κ3) is 4.03. The van der Waals surface area contributed by atoms with E-state index in [1.54, 1.807) is 30.3 Å². The highest BCUT2D eigenvalue weighted by atomic mass is 35.5. The van der Waals surface area contributed by atoms with Gasteiger partial charge in [0.25, 0.3) is 0 Å². The standard InChI is InChI=1S/C19H16ClNO2S/c20-18-8-4-5-15(13-18)14-21-24(22,23)19-11-9-17(10-12-19)16-6-2-1-3-7-16/h1-13,21H,14H2. The summed E-state index contributed by atoms with van der Waals surface area (Å²) in [6, 6.07) is 23.8. The van der Waals surface area contributed by atoms with Crippen LogP contribution in [0.25, 0.3) is 11.1 Å². The second kappa shape index (κ2) is 7.18. The smallest absolute Gasteiger partial charge is 0.207 e. The first-order valence-corrected chi connectivity index (χ1v) is 9.30. The molecule has 0 aromatic heterocycles. The van der Waals surface area contributed by atoms with Gasteiger partial charge in [0.05, 0.1) is 4.90 Å². The molecule has 0 atom stereocenters. The second-order valence-corrected chi connectivity index (χ2v) is 7.55. The van der Waals surface area contributed by atoms with E-state index in [0.717, 1.165) is 16.7 Å². The molecule has 0 bridgehead atoms. The Morgan fingerprint density at radius 3 is 2.12 bits per heavy atom. The highest BCUT2D eigenvalue weighted by Crippen LogP contribution is 2.21. The van der Waals surface area contributed by atoms with Gasteiger partial charge in [0.15, 0.2) is 0 Å². The highest BCUT2D eigenvalue weighted by molar-refractivity contribution is 7.89. The van der Waals surface area contributed by atoms with Gasteiger partial charge in [-0.2, -0.15) is 0 Å². The van der Waals surface area contributed by atoms with Crippen molar-refractivity contribution in [2.45, 2.75) is 11.4 Å². The van der Waals surface area contributed by atoms with Gasteiger partial charge in [-0.15, -0.1) is 0 Å². The van der Waals surface area contributed by atoms with E-state index in [-0.39, 0.29) is 11.4 Å². The molecule has 0 unspecified atom stereocenters. The van der Waals surface area contributed by atoms with Gasteiger partial charge in [0.1, 0.15) is 0 Å². The van der Waals surface area contributed by atoms with Gasteiger partial charge in [0, 0.05) is 11.6 Å². The second-order valence-electron chi connectivity index (χ2n) is 5.34. The van der Waals surface area contributed by atoms with Crippen molar-refractivity contribution < 1.29 is 8.42 Å². The van der Waals surface area contributed by atoms with Crippen LogP contribution in [0.15, 0.2) is 83.8 Å². The van der Waals surface area contributed by atoms with E-state index in [1.807, 2.05) is 48.5 Å². The minimum atomic E-state index is -3.56. The Morgan fingerprint density at radius 2 is 1.46 bits per heavy atom. The molecule has 0 radical (unpaired) electrons. The number of hydrogen-bond acceptors (Lipinski definition) is 2. The van der Waals surface area contributed by atoms with Crippen LogP contribution in [0.4, 0.5) is 0 Å². The molecule has 3 aromatic rings. The molecule has 122 valence electrons. The van der Waals surface area contributed by atoms with Crippen LogP contribution in [0, 0.1) is 0 Å². The minimum absolute atomic E-state index is 0.198. The average Bonchev–Trinajstić information content (AvgIpc) is 2.61. The molecule has 1 N–H and O–H groups in total. The summed E-state index contributed by atoms with van der Waals surface area (Å²) in [6.45, 7) is 0.198. The van der Waals surface area contributed by atoms with Crippen LogP contribution in [-0.2, 0) is 16.6 Å². The van der Waals surface area contributed by atoms with Crippen LogP contribution < -0.4 is 4.72 Å². The number of sulfonamides is 1. The molecule has 3 aromatic carbocycles. The summed E-state index contributed by atoms with van der Waals surface area (Å²) in [7, 11) is -3.56. The monoisotopic (exact) mass is 357 g/mol. The van der Waals surface area contributed by atoms with Crippen LogP contribution >= 0.6 is 11.6 Å². The number of rotatable bonds is 5. The lowest BCUT2D eigenvalue weighted by atomic mass is 10.1. The first-order valence-electron chi connectivity index (χ1n) is 7.44. The van der Waals surface area contributed by atoms with Crippen LogP contribution in [0.2, 0.25) is 5.02 Å². The number of benzene rings is 3. The molecule has 0 amide bonds. The Bertz CT molecular complexity index is 923. The summed E-state index contributed by atoms with van der Waals surface area (Å²) in [5.74, 6) is 0. The zero-order chi connectivity index (χ0) is 17.0. The van der Waals surface area contributed by atoms with Gasteiger partial charge in [0.2, 0.25) is 10.0 Å². The van der Waals surface area contributed by atoms with Crippen LogP contribution in [0.3, 0.4) is 0 Å². The van der Waals surface area contributed by atoms with Crippen molar-refractivity contribution in [3.8, 4) is 11.1 Å². The number of hydrogen-bond donors (Lipinski definition) is 1. The SMILES string of the molecule is O=S(=O)(NCc1cccc(Cl)c1)c1ccc(-c2ccccc2)cc1. The topological polar surface area (TPSA) is 46.2 Å². The van der Waals surface area contributed by atoms with Crippen molar-refractivity contribution in [1.82, 2.24) is 4.72 Å². The molecular weight excluding hydrogens is 342 g/mol. The maximum absolute atomic E-state index is 12.4. The largest absolute Gasteiger partial charge is 0.240 e. The zero-order valence-corrected chi connectivity index (χ0v) is 14.4. The van der Waals surface area contributed by atoms with Gasteiger partial charge >= 0.3 is 0 Å². The van der Waals surface area contributed by atoms with E-state index in [9.17, 15) is 8.42 Å². The van der Waals surface area contributed by atoms with Crippen molar-refractivity contribution in [2.75, 3.05) is 0 Å². The van der Waals surface area contributed by atoms with Crippen molar-refractivity contribution in [2.24, 2.45) is 0 Å². The fourth-order valence-electron chi connectivity index (χ4n) is 2.37. The van der Waals surface area contributed by atoms with Gasteiger partial charge in [-0.1, -0.05) is 66.2 Å². The predicted molar refractivity (Wildman–Crippen MR) is 97.4 cm³/mol. The van der Waals surface area contributed by atoms with Crippen LogP contribution in [-0.4, -0.2) is 8.42 Å². The van der Waals surface area contributed by atoms with Crippen LogP contribution in [0.1, 0.15) is 5.56 Å². The van der Waals surface area contributed by atoms with E-state index >= 15 is 0 Å². The molecule has 0 spiro atoms. The highest BCUT2D eigenvalue weighted by Gasteiger charge is 2.13. The molecule has 3 rings (SSSR count). The van der Waals surface area contributed by atoms with E-state index in [2.05, 4.69) is 4.72 Å². The Labute approximate surface area is 147 Å². The van der Waals surface area contributed by atoms with Crippen LogP contribution in [0.5, 0.6) is 0 Å². The van der Waals surface area contributed by atoms with Gasteiger partial charge in [-0.25, -0.2) is 13.1 Å². The van der Waals surface area contributed by atoms with Crippen molar-refractivity contribution >= 4 is 21.6 Å². The van der Waals surface area contributed by atoms with E-state index in [4.69, 9.17) is 11.6 Å². The summed E-state index contributed by atoms with van der Waals surface area (Å²) in [5, 5.41) is 0.582. The normalized spacial score (nSPS) is 11.4. The summed E-state index contributed by atoms with van der Waals surface area (Å²) < 4.78 is 27.4. The van der Waals surface area contributed by atoms with Gasteiger partial charge < -0.3 is 0 Å². The molecule has 0 aliphatic carbocycles. The summed E-state index contributed by atoms with van der Waals surface area (Å²) in [5.41, 5.74) is 2.84. The lowest BCUT2D eigenvalue weighted by Crippen LogP contribution is -2.23. The molecule has 0 saturated carbocycles. The molecular formula is C19H16ClNO2S. The Hall–Kier alpha value is -2.14. The maximum atomic E-state index is 12.4. The van der Waals surface area contributed by atoms with E-state index in [1.165, 1.54) is 0 Å². The zero-order valence-electron chi connectivity index (χ0n) is 12.8. The molecule has 0 heterocycles. The first-order chi connectivity index (χ1) is 11.5. The molecule has 3 nitrogen and oxygen atoms in total. The fraction of sp³-hybridized carbons (Fsp3) is 0.0526. The van der Waals surface area contributed by atoms with E-state index < -0.39 is 10.0 Å². The number of nitrogens with one attached hydrogen (secondary N) is 1. The lowest BCUT2D eigenvalue weighted by molar-refractivity contribution is 0.581. The quantitative estimate of drug-likeness (QED) is 0.731. The molecule has 0 aliphatic rings. The van der Waals surface area contributed by atoms with Gasteiger partial charge in [-0.05, 0) is 41.0 Å². The Kier molecular flexibility index (Phi) is 5.00. The summed E-state index contributed by atoms with van der Waals surface area (Å²) in [6.07, 6.45) is 0. The van der Waals surface area contributed by atoms with Gasteiger partial charge in [-0.3, -0.25) is 0 Å². The lowest BCUT2D eigenvalue weighted by Gasteiger charge is -2.08. The Morgan fingerprint density at radius 1 is 0.792 bits per heavy atom. The predicted octanol–water partition coefficient (Wildman–Crippen LogP) is 4.49. The fourth-order valence-corrected chi connectivity index (χ4v) is 3.60. The molecule has 0 saturated heterocycles.